The number of likely N-dealkylation sites (N-methyl/N-ethyl adjacent to an activating group) is 1. The molecule has 0 N–H and O–H groups in total. The fourth-order valence-corrected chi connectivity index (χ4v) is 7.45. The van der Waals surface area contributed by atoms with Crippen LogP contribution in [0.5, 0.6) is 0 Å². The number of rotatable bonds is 7. The van der Waals surface area contributed by atoms with Crippen molar-refractivity contribution in [1.82, 2.24) is 9.21 Å². The van der Waals surface area contributed by atoms with E-state index >= 15 is 0 Å². The highest BCUT2D eigenvalue weighted by atomic mass is 32.2. The molecule has 2 aromatic carbocycles. The second kappa shape index (κ2) is 9.52. The van der Waals surface area contributed by atoms with Crippen LogP contribution in [-0.2, 0) is 28.0 Å². The summed E-state index contributed by atoms with van der Waals surface area (Å²) >= 11 is 0. The van der Waals surface area contributed by atoms with Gasteiger partial charge in [-0.2, -0.15) is 17.5 Å². The lowest BCUT2D eigenvalue weighted by molar-refractivity contribution is -0.137. The lowest BCUT2D eigenvalue weighted by Crippen LogP contribution is -2.64. The SMILES string of the molecule is CCc1ccccc1C1(C)CCN(CC2CC2)C(C)[C@H]1N(C)S(=O)(=O)c1cccc(C(F)(F)F)c1. The third kappa shape index (κ3) is 5.02. The van der Waals surface area contributed by atoms with E-state index < -0.39 is 33.2 Å². The molecular weight excluding hydrogens is 473 g/mol. The summed E-state index contributed by atoms with van der Waals surface area (Å²) in [5.41, 5.74) is 0.845. The second-order valence-electron chi connectivity index (χ2n) is 10.3. The lowest BCUT2D eigenvalue weighted by Gasteiger charge is -2.53. The molecular formula is C27H35F3N2O2S. The minimum atomic E-state index is -4.61. The van der Waals surface area contributed by atoms with E-state index in [1.807, 2.05) is 12.1 Å². The zero-order chi connectivity index (χ0) is 25.6. The maximum absolute atomic E-state index is 13.8. The molecule has 35 heavy (non-hydrogen) atoms. The van der Waals surface area contributed by atoms with Crippen LogP contribution < -0.4 is 0 Å². The summed E-state index contributed by atoms with van der Waals surface area (Å²) in [6.45, 7) is 8.07. The van der Waals surface area contributed by atoms with E-state index in [1.54, 1.807) is 0 Å². The molecule has 0 spiro atoms. The zero-order valence-corrected chi connectivity index (χ0v) is 21.7. The average Bonchev–Trinajstić information content (AvgIpc) is 3.64. The van der Waals surface area contributed by atoms with Gasteiger partial charge in [-0.25, -0.2) is 8.42 Å². The first-order chi connectivity index (χ1) is 16.4. The summed E-state index contributed by atoms with van der Waals surface area (Å²) < 4.78 is 69.1. The standard InChI is InChI=1S/C27H35F3N2O2S/c1-5-21-9-6-7-12-24(21)26(3)15-16-32(18-20-13-14-20)19(2)25(26)31(4)35(33,34)23-11-8-10-22(17-23)27(28,29)30/h6-12,17,19-20,25H,5,13-16,18H2,1-4H3/t19?,25-,26?/m1/s1. The van der Waals surface area contributed by atoms with Gasteiger partial charge in [-0.15, -0.1) is 0 Å². The smallest absolute Gasteiger partial charge is 0.299 e. The van der Waals surface area contributed by atoms with E-state index in [2.05, 4.69) is 37.8 Å². The maximum atomic E-state index is 13.8. The van der Waals surface area contributed by atoms with E-state index in [0.29, 0.717) is 5.92 Å². The number of halogens is 3. The van der Waals surface area contributed by atoms with Gasteiger partial charge in [0.15, 0.2) is 0 Å². The van der Waals surface area contributed by atoms with Crippen molar-refractivity contribution in [3.8, 4) is 0 Å². The van der Waals surface area contributed by atoms with Crippen LogP contribution in [0.25, 0.3) is 0 Å². The number of aryl methyl sites for hydroxylation is 1. The van der Waals surface area contributed by atoms with Gasteiger partial charge in [0.25, 0.3) is 0 Å². The van der Waals surface area contributed by atoms with E-state index in [1.165, 1.54) is 41.9 Å². The van der Waals surface area contributed by atoms with Crippen LogP contribution in [0.1, 0.15) is 56.7 Å². The molecule has 0 radical (unpaired) electrons. The Kier molecular flexibility index (Phi) is 7.12. The summed E-state index contributed by atoms with van der Waals surface area (Å²) in [4.78, 5) is 2.05. The van der Waals surface area contributed by atoms with E-state index in [4.69, 9.17) is 0 Å². The van der Waals surface area contributed by atoms with Gasteiger partial charge in [-0.05, 0) is 74.4 Å². The molecule has 2 aliphatic rings. The van der Waals surface area contributed by atoms with Gasteiger partial charge in [-0.3, -0.25) is 4.90 Å². The van der Waals surface area contributed by atoms with Crippen molar-refractivity contribution in [2.24, 2.45) is 5.92 Å². The minimum Gasteiger partial charge on any atom is -0.299 e. The Morgan fingerprint density at radius 2 is 1.80 bits per heavy atom. The first-order valence-electron chi connectivity index (χ1n) is 12.4. The van der Waals surface area contributed by atoms with Crippen LogP contribution in [0.2, 0.25) is 0 Å². The predicted molar refractivity (Wildman–Crippen MR) is 132 cm³/mol. The van der Waals surface area contributed by atoms with Crippen LogP contribution in [0.15, 0.2) is 53.4 Å². The second-order valence-corrected chi connectivity index (χ2v) is 12.3. The molecule has 0 amide bonds. The summed E-state index contributed by atoms with van der Waals surface area (Å²) in [5, 5.41) is 0. The molecule has 1 saturated carbocycles. The molecule has 0 aromatic heterocycles. The predicted octanol–water partition coefficient (Wildman–Crippen LogP) is 5.72. The molecule has 2 aromatic rings. The van der Waals surface area contributed by atoms with Gasteiger partial charge in [0.2, 0.25) is 10.0 Å². The molecule has 1 aliphatic heterocycles. The van der Waals surface area contributed by atoms with Crippen molar-refractivity contribution in [2.45, 2.75) is 75.0 Å². The Morgan fingerprint density at radius 1 is 1.11 bits per heavy atom. The van der Waals surface area contributed by atoms with Crippen molar-refractivity contribution in [2.75, 3.05) is 20.1 Å². The van der Waals surface area contributed by atoms with Crippen LogP contribution in [-0.4, -0.2) is 49.8 Å². The molecule has 192 valence electrons. The maximum Gasteiger partial charge on any atom is 0.416 e. The molecule has 1 aliphatic carbocycles. The Bertz CT molecular complexity index is 1160. The number of benzene rings is 2. The van der Waals surface area contributed by atoms with Gasteiger partial charge >= 0.3 is 6.18 Å². The summed E-state index contributed by atoms with van der Waals surface area (Å²) in [6.07, 6.45) is -0.626. The summed E-state index contributed by atoms with van der Waals surface area (Å²) in [5.74, 6) is 0.649. The van der Waals surface area contributed by atoms with Crippen LogP contribution >= 0.6 is 0 Å². The third-order valence-corrected chi connectivity index (χ3v) is 9.87. The highest BCUT2D eigenvalue weighted by molar-refractivity contribution is 7.89. The van der Waals surface area contributed by atoms with Gasteiger partial charge in [0, 0.05) is 31.1 Å². The highest BCUT2D eigenvalue weighted by Gasteiger charge is 2.51. The molecule has 2 fully saturated rings. The largest absolute Gasteiger partial charge is 0.416 e. The number of nitrogens with zero attached hydrogens (tertiary/aromatic N) is 2. The number of piperidine rings is 1. The van der Waals surface area contributed by atoms with Gasteiger partial charge < -0.3 is 0 Å². The van der Waals surface area contributed by atoms with Crippen molar-refractivity contribution in [3.63, 3.8) is 0 Å². The number of likely N-dealkylation sites (tertiary alicyclic amines) is 1. The van der Waals surface area contributed by atoms with E-state index in [0.717, 1.165) is 43.6 Å². The Morgan fingerprint density at radius 3 is 2.43 bits per heavy atom. The van der Waals surface area contributed by atoms with Gasteiger partial charge in [0.05, 0.1) is 10.5 Å². The van der Waals surface area contributed by atoms with Gasteiger partial charge in [0.1, 0.15) is 0 Å². The molecule has 1 heterocycles. The number of hydrogen-bond donors (Lipinski definition) is 0. The van der Waals surface area contributed by atoms with Crippen molar-refractivity contribution >= 4 is 10.0 Å². The summed E-state index contributed by atoms with van der Waals surface area (Å²) in [6, 6.07) is 11.7. The Hall–Kier alpha value is -1.90. The number of alkyl halides is 3. The Labute approximate surface area is 207 Å². The fourth-order valence-electron chi connectivity index (χ4n) is 5.88. The third-order valence-electron chi connectivity index (χ3n) is 8.04. The minimum absolute atomic E-state index is 0.0927. The van der Waals surface area contributed by atoms with Crippen molar-refractivity contribution in [3.05, 3.63) is 65.2 Å². The summed E-state index contributed by atoms with van der Waals surface area (Å²) in [7, 11) is -2.65. The zero-order valence-electron chi connectivity index (χ0n) is 20.8. The van der Waals surface area contributed by atoms with Crippen LogP contribution in [0, 0.1) is 5.92 Å². The molecule has 2 unspecified atom stereocenters. The molecule has 1 saturated heterocycles. The van der Waals surface area contributed by atoms with Crippen molar-refractivity contribution < 1.29 is 21.6 Å². The quantitative estimate of drug-likeness (QED) is 0.480. The van der Waals surface area contributed by atoms with Crippen LogP contribution in [0.4, 0.5) is 13.2 Å². The molecule has 3 atom stereocenters. The normalized spacial score (nSPS) is 26.3. The molecule has 0 bridgehead atoms. The molecule has 8 heteroatoms. The molecule has 4 rings (SSSR count). The monoisotopic (exact) mass is 508 g/mol. The fraction of sp³-hybridized carbons (Fsp3) is 0.556. The first-order valence-corrected chi connectivity index (χ1v) is 13.8. The van der Waals surface area contributed by atoms with Crippen LogP contribution in [0.3, 0.4) is 0 Å². The number of sulfonamides is 1. The lowest BCUT2D eigenvalue weighted by atomic mass is 9.66. The highest BCUT2D eigenvalue weighted by Crippen LogP contribution is 2.45. The van der Waals surface area contributed by atoms with E-state index in [-0.39, 0.29) is 10.9 Å². The molecule has 4 nitrogen and oxygen atoms in total. The van der Waals surface area contributed by atoms with Crippen molar-refractivity contribution in [1.29, 1.82) is 0 Å². The van der Waals surface area contributed by atoms with E-state index in [9.17, 15) is 21.6 Å². The van der Waals surface area contributed by atoms with Gasteiger partial charge in [-0.1, -0.05) is 44.2 Å². The number of hydrogen-bond acceptors (Lipinski definition) is 3. The average molecular weight is 509 g/mol. The Balaban J connectivity index is 1.79. The first kappa shape index (κ1) is 26.2. The topological polar surface area (TPSA) is 40.6 Å².